The predicted molar refractivity (Wildman–Crippen MR) is 77.7 cm³/mol. The molecule has 0 aliphatic carbocycles. The zero-order valence-corrected chi connectivity index (χ0v) is 12.5. The van der Waals surface area contributed by atoms with Crippen LogP contribution in [0.1, 0.15) is 26.5 Å². The number of carbonyl (C=O) groups excluding carboxylic acids is 1. The van der Waals surface area contributed by atoms with Gasteiger partial charge in [0.2, 0.25) is 11.9 Å². The van der Waals surface area contributed by atoms with Gasteiger partial charge in [-0.05, 0) is 27.7 Å². The molecule has 0 aromatic carbocycles. The third-order valence-corrected chi connectivity index (χ3v) is 3.11. The molecular formula is C13H21N5O2. The number of likely N-dealkylation sites (N-methyl/N-ethyl adjacent to an activating group) is 1. The average molecular weight is 279 g/mol. The van der Waals surface area contributed by atoms with Gasteiger partial charge in [-0.2, -0.15) is 4.98 Å². The van der Waals surface area contributed by atoms with E-state index in [1.165, 1.54) is 0 Å². The van der Waals surface area contributed by atoms with Crippen molar-refractivity contribution in [1.29, 1.82) is 0 Å². The zero-order valence-electron chi connectivity index (χ0n) is 12.5. The van der Waals surface area contributed by atoms with Crippen LogP contribution in [0.3, 0.4) is 0 Å². The van der Waals surface area contributed by atoms with E-state index in [1.807, 2.05) is 20.8 Å². The fraction of sp³-hybridized carbons (Fsp3) is 0.615. The number of hydrogen-bond acceptors (Lipinski definition) is 6. The van der Waals surface area contributed by atoms with Gasteiger partial charge in [0.15, 0.2) is 5.82 Å². The lowest BCUT2D eigenvalue weighted by molar-refractivity contribution is -0.120. The van der Waals surface area contributed by atoms with Crippen molar-refractivity contribution in [2.24, 2.45) is 0 Å². The fourth-order valence-corrected chi connectivity index (χ4v) is 2.03. The summed E-state index contributed by atoms with van der Waals surface area (Å²) in [5, 5.41) is 2.83. The largest absolute Gasteiger partial charge is 0.373 e. The van der Waals surface area contributed by atoms with Gasteiger partial charge >= 0.3 is 0 Å². The van der Waals surface area contributed by atoms with Crippen LogP contribution in [-0.2, 0) is 9.53 Å². The number of aryl methyl sites for hydroxylation is 1. The van der Waals surface area contributed by atoms with E-state index in [4.69, 9.17) is 10.5 Å². The number of fused-ring (bicyclic) bond motifs is 1. The summed E-state index contributed by atoms with van der Waals surface area (Å²) >= 11 is 0. The number of nitrogens with two attached hydrogens (primary N) is 1. The van der Waals surface area contributed by atoms with Gasteiger partial charge in [0.05, 0.1) is 17.9 Å². The van der Waals surface area contributed by atoms with Crippen LogP contribution < -0.4 is 16.0 Å². The van der Waals surface area contributed by atoms with Crippen LogP contribution in [-0.4, -0.2) is 41.2 Å². The van der Waals surface area contributed by atoms with E-state index in [0.717, 1.165) is 0 Å². The maximum atomic E-state index is 12.2. The second-order valence-electron chi connectivity index (χ2n) is 5.91. The summed E-state index contributed by atoms with van der Waals surface area (Å²) in [5.74, 6) is 0.692. The molecule has 0 radical (unpaired) electrons. The summed E-state index contributed by atoms with van der Waals surface area (Å²) in [4.78, 5) is 22.3. The fourth-order valence-electron chi connectivity index (χ4n) is 2.03. The molecule has 0 spiro atoms. The highest BCUT2D eigenvalue weighted by Gasteiger charge is 2.34. The maximum absolute atomic E-state index is 12.2. The second-order valence-corrected chi connectivity index (χ2v) is 5.91. The van der Waals surface area contributed by atoms with Crippen LogP contribution in [0.2, 0.25) is 0 Å². The number of carbonyl (C=O) groups is 1. The molecular weight excluding hydrogens is 258 g/mol. The lowest BCUT2D eigenvalue weighted by Crippen LogP contribution is -2.50. The summed E-state index contributed by atoms with van der Waals surface area (Å²) < 4.78 is 5.71. The number of nitrogens with zero attached hydrogens (tertiary/aromatic N) is 3. The number of amides is 1. The Hall–Kier alpha value is -1.89. The van der Waals surface area contributed by atoms with Crippen LogP contribution >= 0.6 is 0 Å². The number of rotatable bonds is 2. The molecule has 1 aliphatic heterocycles. The lowest BCUT2D eigenvalue weighted by atomic mass is 10.1. The number of hydrogen-bond donors (Lipinski definition) is 2. The molecule has 0 unspecified atom stereocenters. The molecule has 110 valence electrons. The monoisotopic (exact) mass is 279 g/mol. The van der Waals surface area contributed by atoms with Gasteiger partial charge in [-0.15, -0.1) is 0 Å². The Morgan fingerprint density at radius 1 is 1.40 bits per heavy atom. The molecule has 2 heterocycles. The van der Waals surface area contributed by atoms with E-state index >= 15 is 0 Å². The van der Waals surface area contributed by atoms with Gasteiger partial charge in [-0.1, -0.05) is 0 Å². The Morgan fingerprint density at radius 2 is 2.05 bits per heavy atom. The van der Waals surface area contributed by atoms with Crippen LogP contribution in [0.5, 0.6) is 0 Å². The Labute approximate surface area is 118 Å². The molecule has 1 aliphatic rings. The van der Waals surface area contributed by atoms with Crippen LogP contribution in [0.4, 0.5) is 17.5 Å². The summed E-state index contributed by atoms with van der Waals surface area (Å²) in [6.45, 7) is 7.93. The van der Waals surface area contributed by atoms with Crippen molar-refractivity contribution in [2.75, 3.05) is 29.6 Å². The van der Waals surface area contributed by atoms with E-state index < -0.39 is 6.04 Å². The third-order valence-electron chi connectivity index (χ3n) is 3.11. The van der Waals surface area contributed by atoms with Gasteiger partial charge in [-0.25, -0.2) is 4.98 Å². The minimum absolute atomic E-state index is 0.124. The van der Waals surface area contributed by atoms with Gasteiger partial charge in [0.1, 0.15) is 11.7 Å². The SMILES string of the molecule is Cc1nc(N)nc2c1NC(=O)[C@H](COC(C)(C)C)N2C. The molecule has 7 nitrogen and oxygen atoms in total. The second kappa shape index (κ2) is 4.90. The maximum Gasteiger partial charge on any atom is 0.249 e. The zero-order chi connectivity index (χ0) is 15.1. The highest BCUT2D eigenvalue weighted by atomic mass is 16.5. The quantitative estimate of drug-likeness (QED) is 0.837. The average Bonchev–Trinajstić information content (AvgIpc) is 2.29. The van der Waals surface area contributed by atoms with Crippen molar-refractivity contribution in [2.45, 2.75) is 39.3 Å². The highest BCUT2D eigenvalue weighted by molar-refractivity contribution is 6.03. The number of aromatic nitrogens is 2. The third kappa shape index (κ3) is 2.82. The van der Waals surface area contributed by atoms with E-state index in [1.54, 1.807) is 18.9 Å². The Morgan fingerprint density at radius 3 is 2.65 bits per heavy atom. The highest BCUT2D eigenvalue weighted by Crippen LogP contribution is 2.31. The Bertz CT molecular complexity index is 538. The molecule has 1 amide bonds. The summed E-state index contributed by atoms with van der Waals surface area (Å²) in [5.41, 5.74) is 6.64. The number of ether oxygens (including phenoxy) is 1. The van der Waals surface area contributed by atoms with Gasteiger partial charge < -0.3 is 20.7 Å². The van der Waals surface area contributed by atoms with E-state index in [2.05, 4.69) is 15.3 Å². The van der Waals surface area contributed by atoms with Crippen molar-refractivity contribution in [3.05, 3.63) is 5.69 Å². The molecule has 0 bridgehead atoms. The van der Waals surface area contributed by atoms with Crippen molar-refractivity contribution in [3.8, 4) is 0 Å². The summed E-state index contributed by atoms with van der Waals surface area (Å²) in [6.07, 6.45) is 0. The van der Waals surface area contributed by atoms with E-state index in [0.29, 0.717) is 17.2 Å². The van der Waals surface area contributed by atoms with Crippen LogP contribution in [0.25, 0.3) is 0 Å². The first kappa shape index (κ1) is 14.5. The van der Waals surface area contributed by atoms with Crippen molar-refractivity contribution in [3.63, 3.8) is 0 Å². The van der Waals surface area contributed by atoms with Crippen molar-refractivity contribution < 1.29 is 9.53 Å². The van der Waals surface area contributed by atoms with Gasteiger partial charge in [0, 0.05) is 7.05 Å². The van der Waals surface area contributed by atoms with Crippen molar-refractivity contribution >= 4 is 23.4 Å². The normalized spacial score (nSPS) is 18.8. The number of nitrogen functional groups attached to an aromatic ring is 1. The first-order chi connectivity index (χ1) is 9.19. The van der Waals surface area contributed by atoms with E-state index in [-0.39, 0.29) is 24.1 Å². The summed E-state index contributed by atoms with van der Waals surface area (Å²) in [7, 11) is 1.81. The molecule has 1 aromatic rings. The summed E-state index contributed by atoms with van der Waals surface area (Å²) in [6, 6.07) is -0.435. The minimum atomic E-state index is -0.435. The lowest BCUT2D eigenvalue weighted by Gasteiger charge is -2.35. The standard InChI is InChI=1S/C13H21N5O2/c1-7-9-10(17-12(14)15-7)18(5)8(11(19)16-9)6-20-13(2,3)4/h8H,6H2,1-5H3,(H,16,19)(H2,14,15,17)/t8-/m0/s1. The first-order valence-electron chi connectivity index (χ1n) is 6.51. The molecule has 0 saturated heterocycles. The van der Waals surface area contributed by atoms with Gasteiger partial charge in [-0.3, -0.25) is 4.79 Å². The Kier molecular flexibility index (Phi) is 3.56. The van der Waals surface area contributed by atoms with Gasteiger partial charge in [0.25, 0.3) is 0 Å². The Balaban J connectivity index is 2.29. The van der Waals surface area contributed by atoms with Crippen LogP contribution in [0, 0.1) is 6.92 Å². The predicted octanol–water partition coefficient (Wildman–Crippen LogP) is 0.939. The molecule has 0 saturated carbocycles. The molecule has 1 aromatic heterocycles. The molecule has 3 N–H and O–H groups in total. The number of anilines is 3. The first-order valence-corrected chi connectivity index (χ1v) is 6.51. The molecule has 0 fully saturated rings. The van der Waals surface area contributed by atoms with Crippen LogP contribution in [0.15, 0.2) is 0 Å². The smallest absolute Gasteiger partial charge is 0.249 e. The molecule has 1 atom stereocenters. The number of nitrogens with one attached hydrogen (secondary N) is 1. The molecule has 20 heavy (non-hydrogen) atoms. The molecule has 2 rings (SSSR count). The topological polar surface area (TPSA) is 93.4 Å². The minimum Gasteiger partial charge on any atom is -0.373 e. The van der Waals surface area contributed by atoms with Crippen molar-refractivity contribution in [1.82, 2.24) is 9.97 Å². The molecule has 7 heteroatoms. The van der Waals surface area contributed by atoms with E-state index in [9.17, 15) is 4.79 Å².